The van der Waals surface area contributed by atoms with Crippen LogP contribution in [0.15, 0.2) is 48.5 Å². The highest BCUT2D eigenvalue weighted by Crippen LogP contribution is 2.40. The topological polar surface area (TPSA) is 18.5 Å². The predicted molar refractivity (Wildman–Crippen MR) is 122 cm³/mol. The molecule has 1 aromatic carbocycles. The first-order chi connectivity index (χ1) is 15.3. The van der Waals surface area contributed by atoms with Gasteiger partial charge in [-0.25, -0.2) is 13.2 Å². The van der Waals surface area contributed by atoms with Crippen LogP contribution in [0.25, 0.3) is 0 Å². The molecule has 0 amide bonds. The van der Waals surface area contributed by atoms with Crippen LogP contribution in [0.2, 0.25) is 0 Å². The minimum absolute atomic E-state index is 0.00139. The van der Waals surface area contributed by atoms with E-state index in [2.05, 4.69) is 20.1 Å². The summed E-state index contributed by atoms with van der Waals surface area (Å²) in [6, 6.07) is 3.62. The maximum absolute atomic E-state index is 15.0. The summed E-state index contributed by atoms with van der Waals surface area (Å²) in [4.78, 5) is 0. The van der Waals surface area contributed by atoms with Crippen LogP contribution in [0.4, 0.5) is 13.2 Å². The van der Waals surface area contributed by atoms with Crippen molar-refractivity contribution in [1.82, 2.24) is 0 Å². The summed E-state index contributed by atoms with van der Waals surface area (Å²) >= 11 is 0. The summed E-state index contributed by atoms with van der Waals surface area (Å²) in [6.07, 6.45) is 8.24. The zero-order valence-corrected chi connectivity index (χ0v) is 19.3. The Hall–Kier alpha value is -2.01. The van der Waals surface area contributed by atoms with Crippen molar-refractivity contribution in [2.45, 2.75) is 76.2 Å². The van der Waals surface area contributed by atoms with Gasteiger partial charge in [-0.1, -0.05) is 45.1 Å². The van der Waals surface area contributed by atoms with E-state index in [1.54, 1.807) is 6.07 Å². The zero-order valence-electron chi connectivity index (χ0n) is 19.3. The zero-order chi connectivity index (χ0) is 23.3. The van der Waals surface area contributed by atoms with Gasteiger partial charge in [0.15, 0.2) is 17.5 Å². The van der Waals surface area contributed by atoms with Crippen molar-refractivity contribution >= 4 is 0 Å². The number of hydrogen-bond acceptors (Lipinski definition) is 2. The Morgan fingerprint density at radius 1 is 0.938 bits per heavy atom. The van der Waals surface area contributed by atoms with E-state index in [-0.39, 0.29) is 30.3 Å². The van der Waals surface area contributed by atoms with Crippen molar-refractivity contribution in [3.05, 3.63) is 71.3 Å². The Labute approximate surface area is 190 Å². The summed E-state index contributed by atoms with van der Waals surface area (Å²) in [7, 11) is 1.35. The largest absolute Gasteiger partial charge is 0.494 e. The minimum atomic E-state index is -0.669. The molecule has 0 radical (unpaired) electrons. The number of allylic oxidation sites excluding steroid dienone is 1. The third-order valence-corrected chi connectivity index (χ3v) is 7.06. The first-order valence-electron chi connectivity index (χ1n) is 11.7. The summed E-state index contributed by atoms with van der Waals surface area (Å²) < 4.78 is 54.2. The Kier molecular flexibility index (Phi) is 8.64. The molecule has 0 heterocycles. The fourth-order valence-electron chi connectivity index (χ4n) is 4.95. The van der Waals surface area contributed by atoms with E-state index in [4.69, 9.17) is 9.47 Å². The molecule has 5 heteroatoms. The smallest absolute Gasteiger partial charge is 0.164 e. The highest BCUT2D eigenvalue weighted by atomic mass is 19.2. The van der Waals surface area contributed by atoms with Crippen molar-refractivity contribution in [3.8, 4) is 0 Å². The second-order valence-corrected chi connectivity index (χ2v) is 9.39. The number of methoxy groups -OCH3 is 1. The molecule has 0 unspecified atom stereocenters. The second kappa shape index (κ2) is 11.2. The maximum Gasteiger partial charge on any atom is 0.164 e. The fraction of sp³-hybridized carbons (Fsp3) is 0.556. The molecule has 0 bridgehead atoms. The SMILES string of the molecule is C=C(/C=C(/F)C(=C)OC)COC1CCC(c2ccc(C3CCC(C)CC3)c(F)c2F)CC1. The third kappa shape index (κ3) is 6.06. The van der Waals surface area contributed by atoms with E-state index in [9.17, 15) is 13.2 Å². The molecule has 0 aliphatic heterocycles. The van der Waals surface area contributed by atoms with Crippen LogP contribution in [-0.4, -0.2) is 19.8 Å². The van der Waals surface area contributed by atoms with Gasteiger partial charge in [-0.3, -0.25) is 0 Å². The lowest BCUT2D eigenvalue weighted by Crippen LogP contribution is -2.22. The van der Waals surface area contributed by atoms with Gasteiger partial charge in [-0.05, 0) is 79.1 Å². The molecule has 0 N–H and O–H groups in total. The van der Waals surface area contributed by atoms with Gasteiger partial charge >= 0.3 is 0 Å². The van der Waals surface area contributed by atoms with Crippen molar-refractivity contribution in [3.63, 3.8) is 0 Å². The molecule has 3 rings (SSSR count). The van der Waals surface area contributed by atoms with Crippen molar-refractivity contribution < 1.29 is 22.6 Å². The van der Waals surface area contributed by atoms with Gasteiger partial charge in [0, 0.05) is 0 Å². The molecule has 32 heavy (non-hydrogen) atoms. The average molecular weight is 449 g/mol. The van der Waals surface area contributed by atoms with Gasteiger partial charge in [-0.2, -0.15) is 0 Å². The molecular formula is C27H35F3O2. The standard InChI is InChI=1S/C27H35F3O2/c1-17-5-7-20(8-6-17)23-13-14-24(27(30)26(23)29)21-9-11-22(12-10-21)32-16-18(2)15-25(28)19(3)31-4/h13-15,17,20-22H,2-3,5-12,16H2,1,4H3/b25-15+. The molecule has 1 aromatic rings. The van der Waals surface area contributed by atoms with Gasteiger partial charge in [-0.15, -0.1) is 0 Å². The minimum Gasteiger partial charge on any atom is -0.494 e. The molecule has 0 aromatic heterocycles. The van der Waals surface area contributed by atoms with Crippen LogP contribution in [0, 0.1) is 17.6 Å². The van der Waals surface area contributed by atoms with Gasteiger partial charge < -0.3 is 9.47 Å². The van der Waals surface area contributed by atoms with E-state index in [0.29, 0.717) is 22.6 Å². The summed E-state index contributed by atoms with van der Waals surface area (Å²) in [5, 5.41) is 0. The van der Waals surface area contributed by atoms with Crippen LogP contribution in [0.3, 0.4) is 0 Å². The Bertz CT molecular complexity index is 845. The summed E-state index contributed by atoms with van der Waals surface area (Å²) in [6.45, 7) is 9.69. The van der Waals surface area contributed by atoms with E-state index in [1.165, 1.54) is 13.2 Å². The van der Waals surface area contributed by atoms with Crippen LogP contribution in [-0.2, 0) is 9.47 Å². The predicted octanol–water partition coefficient (Wildman–Crippen LogP) is 7.87. The van der Waals surface area contributed by atoms with E-state index < -0.39 is 17.5 Å². The molecule has 2 aliphatic carbocycles. The first-order valence-corrected chi connectivity index (χ1v) is 11.7. The van der Waals surface area contributed by atoms with Gasteiger partial charge in [0.1, 0.15) is 5.76 Å². The average Bonchev–Trinajstić information content (AvgIpc) is 2.80. The molecule has 2 aliphatic rings. The molecular weight excluding hydrogens is 413 g/mol. The van der Waals surface area contributed by atoms with Crippen LogP contribution in [0.1, 0.15) is 81.3 Å². The molecule has 0 atom stereocenters. The van der Waals surface area contributed by atoms with E-state index in [0.717, 1.165) is 51.4 Å². The lowest BCUT2D eigenvalue weighted by molar-refractivity contribution is 0.0393. The van der Waals surface area contributed by atoms with Crippen molar-refractivity contribution in [1.29, 1.82) is 0 Å². The van der Waals surface area contributed by atoms with Crippen molar-refractivity contribution in [2.24, 2.45) is 5.92 Å². The number of hydrogen-bond donors (Lipinski definition) is 0. The van der Waals surface area contributed by atoms with Crippen LogP contribution < -0.4 is 0 Å². The highest BCUT2D eigenvalue weighted by Gasteiger charge is 2.29. The summed E-state index contributed by atoms with van der Waals surface area (Å²) in [5.41, 5.74) is 1.52. The van der Waals surface area contributed by atoms with E-state index >= 15 is 0 Å². The van der Waals surface area contributed by atoms with Crippen LogP contribution >= 0.6 is 0 Å². The monoisotopic (exact) mass is 448 g/mol. The van der Waals surface area contributed by atoms with Gasteiger partial charge in [0.05, 0.1) is 19.8 Å². The number of halogens is 3. The van der Waals surface area contributed by atoms with Crippen LogP contribution in [0.5, 0.6) is 0 Å². The quantitative estimate of drug-likeness (QED) is 0.298. The maximum atomic E-state index is 15.0. The molecule has 0 saturated heterocycles. The Morgan fingerprint density at radius 3 is 1.94 bits per heavy atom. The lowest BCUT2D eigenvalue weighted by atomic mass is 9.77. The molecule has 2 saturated carbocycles. The molecule has 176 valence electrons. The number of ether oxygens (including phenoxy) is 2. The molecule has 0 spiro atoms. The first kappa shape index (κ1) is 24.6. The number of rotatable bonds is 8. The second-order valence-electron chi connectivity index (χ2n) is 9.39. The van der Waals surface area contributed by atoms with E-state index in [1.807, 2.05) is 6.07 Å². The summed E-state index contributed by atoms with van der Waals surface area (Å²) in [5.74, 6) is -1.14. The fourth-order valence-corrected chi connectivity index (χ4v) is 4.95. The Morgan fingerprint density at radius 2 is 1.44 bits per heavy atom. The highest BCUT2D eigenvalue weighted by molar-refractivity contribution is 5.32. The normalized spacial score (nSPS) is 26.6. The third-order valence-electron chi connectivity index (χ3n) is 7.06. The number of benzene rings is 1. The lowest BCUT2D eigenvalue weighted by Gasteiger charge is -2.30. The Balaban J connectivity index is 1.53. The molecule has 2 nitrogen and oxygen atoms in total. The van der Waals surface area contributed by atoms with Crippen molar-refractivity contribution in [2.75, 3.05) is 13.7 Å². The molecule has 2 fully saturated rings. The van der Waals surface area contributed by atoms with Gasteiger partial charge in [0.2, 0.25) is 0 Å². The van der Waals surface area contributed by atoms with Gasteiger partial charge in [0.25, 0.3) is 0 Å².